The summed E-state index contributed by atoms with van der Waals surface area (Å²) in [6, 6.07) is 0. The topological polar surface area (TPSA) is 98.7 Å². The van der Waals surface area contributed by atoms with Gasteiger partial charge in [0.1, 0.15) is 11.5 Å². The van der Waals surface area contributed by atoms with Crippen molar-refractivity contribution in [3.8, 4) is 0 Å². The standard InChI is InChI=1S/C19H28FN5O3/c1-13-22-16(17(20)18(23-13)24-7-4-8-24)10-21-19(27)15(11-25(28)12-26)9-14-5-2-3-6-14/h12,14-15,28H,2-11H2,1H3,(H,21,27)/t15-/m1/s1. The molecule has 154 valence electrons. The minimum Gasteiger partial charge on any atom is -0.354 e. The van der Waals surface area contributed by atoms with Crippen LogP contribution in [0.15, 0.2) is 0 Å². The Bertz CT molecular complexity index is 707. The van der Waals surface area contributed by atoms with Gasteiger partial charge in [0.25, 0.3) is 0 Å². The summed E-state index contributed by atoms with van der Waals surface area (Å²) in [5.41, 5.74) is 0.151. The number of hydrogen-bond donors (Lipinski definition) is 2. The van der Waals surface area contributed by atoms with E-state index in [2.05, 4.69) is 15.3 Å². The molecule has 9 heteroatoms. The predicted molar refractivity (Wildman–Crippen MR) is 100 cm³/mol. The Balaban J connectivity index is 1.65. The maximum Gasteiger partial charge on any atom is 0.233 e. The van der Waals surface area contributed by atoms with Crippen LogP contribution in [-0.2, 0) is 16.1 Å². The van der Waals surface area contributed by atoms with Gasteiger partial charge in [-0.2, -0.15) is 0 Å². The number of amides is 2. The molecule has 0 aromatic carbocycles. The van der Waals surface area contributed by atoms with Crippen molar-refractivity contribution in [2.24, 2.45) is 11.8 Å². The van der Waals surface area contributed by atoms with Crippen molar-refractivity contribution in [1.29, 1.82) is 0 Å². The summed E-state index contributed by atoms with van der Waals surface area (Å²) in [4.78, 5) is 33.6. The second-order valence-corrected chi connectivity index (χ2v) is 7.72. The van der Waals surface area contributed by atoms with Gasteiger partial charge in [-0.1, -0.05) is 25.7 Å². The smallest absolute Gasteiger partial charge is 0.233 e. The second kappa shape index (κ2) is 9.27. The van der Waals surface area contributed by atoms with Gasteiger partial charge in [-0.05, 0) is 25.7 Å². The minimum atomic E-state index is -0.542. The molecule has 1 saturated heterocycles. The Morgan fingerprint density at radius 3 is 2.68 bits per heavy atom. The third kappa shape index (κ3) is 4.95. The first-order chi connectivity index (χ1) is 13.5. The molecule has 2 aliphatic rings. The van der Waals surface area contributed by atoms with Crippen LogP contribution in [0.5, 0.6) is 0 Å². The molecule has 1 atom stereocenters. The van der Waals surface area contributed by atoms with Crippen LogP contribution in [0.2, 0.25) is 0 Å². The maximum absolute atomic E-state index is 14.8. The minimum absolute atomic E-state index is 0.0530. The molecule has 3 rings (SSSR count). The van der Waals surface area contributed by atoms with Crippen molar-refractivity contribution in [3.05, 3.63) is 17.3 Å². The number of halogens is 1. The fourth-order valence-electron chi connectivity index (χ4n) is 3.95. The van der Waals surface area contributed by atoms with E-state index in [4.69, 9.17) is 0 Å². The van der Waals surface area contributed by atoms with Crippen LogP contribution in [0.1, 0.15) is 50.0 Å². The highest BCUT2D eigenvalue weighted by atomic mass is 19.1. The van der Waals surface area contributed by atoms with Crippen molar-refractivity contribution in [1.82, 2.24) is 20.3 Å². The van der Waals surface area contributed by atoms with Crippen molar-refractivity contribution in [2.75, 3.05) is 24.5 Å². The van der Waals surface area contributed by atoms with Gasteiger partial charge in [0, 0.05) is 13.1 Å². The molecule has 1 aromatic rings. The van der Waals surface area contributed by atoms with E-state index in [1.807, 2.05) is 4.90 Å². The molecule has 0 bridgehead atoms. The third-order valence-electron chi connectivity index (χ3n) is 5.59. The summed E-state index contributed by atoms with van der Waals surface area (Å²) in [6.07, 6.45) is 6.28. The fourth-order valence-corrected chi connectivity index (χ4v) is 3.95. The number of aromatic nitrogens is 2. The highest BCUT2D eigenvalue weighted by Crippen LogP contribution is 2.30. The third-order valence-corrected chi connectivity index (χ3v) is 5.59. The Labute approximate surface area is 164 Å². The summed E-state index contributed by atoms with van der Waals surface area (Å²) >= 11 is 0. The van der Waals surface area contributed by atoms with Crippen LogP contribution < -0.4 is 10.2 Å². The van der Waals surface area contributed by atoms with E-state index in [1.165, 1.54) is 0 Å². The molecule has 2 fully saturated rings. The van der Waals surface area contributed by atoms with Crippen LogP contribution in [0, 0.1) is 24.6 Å². The molecule has 1 aliphatic carbocycles. The van der Waals surface area contributed by atoms with Crippen molar-refractivity contribution in [2.45, 2.75) is 52.0 Å². The fraction of sp³-hybridized carbons (Fsp3) is 0.684. The summed E-state index contributed by atoms with van der Waals surface area (Å²) in [6.45, 7) is 3.10. The zero-order chi connectivity index (χ0) is 20.1. The van der Waals surface area contributed by atoms with E-state index in [9.17, 15) is 19.2 Å². The zero-order valence-corrected chi connectivity index (χ0v) is 16.2. The Kier molecular flexibility index (Phi) is 6.77. The first kappa shape index (κ1) is 20.4. The highest BCUT2D eigenvalue weighted by Gasteiger charge is 2.28. The number of nitrogens with zero attached hydrogens (tertiary/aromatic N) is 4. The number of carbonyl (C=O) groups is 2. The van der Waals surface area contributed by atoms with Gasteiger partial charge in [-0.3, -0.25) is 14.8 Å². The lowest BCUT2D eigenvalue weighted by Crippen LogP contribution is -2.40. The first-order valence-electron chi connectivity index (χ1n) is 9.94. The van der Waals surface area contributed by atoms with Crippen LogP contribution in [-0.4, -0.2) is 52.2 Å². The van der Waals surface area contributed by atoms with E-state index in [1.54, 1.807) is 6.92 Å². The number of carbonyl (C=O) groups excluding carboxylic acids is 2. The van der Waals surface area contributed by atoms with E-state index in [0.29, 0.717) is 29.6 Å². The Hall–Kier alpha value is -2.29. The maximum atomic E-state index is 14.8. The molecule has 1 aromatic heterocycles. The first-order valence-corrected chi connectivity index (χ1v) is 9.94. The average Bonchev–Trinajstić information content (AvgIpc) is 3.13. The molecule has 28 heavy (non-hydrogen) atoms. The van der Waals surface area contributed by atoms with Crippen molar-refractivity contribution in [3.63, 3.8) is 0 Å². The highest BCUT2D eigenvalue weighted by molar-refractivity contribution is 5.79. The average molecular weight is 393 g/mol. The van der Waals surface area contributed by atoms with Gasteiger partial charge in [0.2, 0.25) is 12.3 Å². The van der Waals surface area contributed by atoms with Crippen LogP contribution in [0.3, 0.4) is 0 Å². The Morgan fingerprint density at radius 2 is 2.07 bits per heavy atom. The molecular weight excluding hydrogens is 365 g/mol. The predicted octanol–water partition coefficient (Wildman–Crippen LogP) is 1.79. The zero-order valence-electron chi connectivity index (χ0n) is 16.2. The molecule has 0 spiro atoms. The number of hydrogen-bond acceptors (Lipinski definition) is 6. The summed E-state index contributed by atoms with van der Waals surface area (Å²) in [7, 11) is 0. The van der Waals surface area contributed by atoms with Crippen LogP contribution >= 0.6 is 0 Å². The Morgan fingerprint density at radius 1 is 1.36 bits per heavy atom. The van der Waals surface area contributed by atoms with E-state index < -0.39 is 11.7 Å². The molecule has 1 aliphatic heterocycles. The summed E-state index contributed by atoms with van der Waals surface area (Å²) in [5.74, 6) is -0.208. The molecule has 0 radical (unpaired) electrons. The van der Waals surface area contributed by atoms with Gasteiger partial charge in [0.05, 0.1) is 19.0 Å². The van der Waals surface area contributed by atoms with E-state index in [-0.39, 0.29) is 30.5 Å². The van der Waals surface area contributed by atoms with Crippen molar-refractivity contribution < 1.29 is 19.2 Å². The molecule has 8 nitrogen and oxygen atoms in total. The lowest BCUT2D eigenvalue weighted by Gasteiger charge is -2.32. The van der Waals surface area contributed by atoms with E-state index >= 15 is 0 Å². The number of rotatable bonds is 9. The summed E-state index contributed by atoms with van der Waals surface area (Å²) < 4.78 is 14.8. The van der Waals surface area contributed by atoms with E-state index in [0.717, 1.165) is 45.2 Å². The molecule has 2 amide bonds. The van der Waals surface area contributed by atoms with Gasteiger partial charge in [-0.25, -0.2) is 19.4 Å². The largest absolute Gasteiger partial charge is 0.354 e. The molecular formula is C19H28FN5O3. The molecule has 0 unspecified atom stereocenters. The van der Waals surface area contributed by atoms with Crippen LogP contribution in [0.4, 0.5) is 10.2 Å². The number of hydroxylamine groups is 2. The second-order valence-electron chi connectivity index (χ2n) is 7.72. The SMILES string of the molecule is Cc1nc(CNC(=O)[C@H](CC2CCCC2)CN(O)C=O)c(F)c(N2CCC2)n1. The lowest BCUT2D eigenvalue weighted by molar-refractivity contribution is -0.155. The van der Waals surface area contributed by atoms with Gasteiger partial charge >= 0.3 is 0 Å². The normalized spacial score (nSPS) is 17.9. The van der Waals surface area contributed by atoms with Gasteiger partial charge < -0.3 is 10.2 Å². The van der Waals surface area contributed by atoms with Crippen LogP contribution in [0.25, 0.3) is 0 Å². The monoisotopic (exact) mass is 393 g/mol. The molecule has 2 N–H and O–H groups in total. The molecule has 2 heterocycles. The van der Waals surface area contributed by atoms with Gasteiger partial charge in [-0.15, -0.1) is 0 Å². The van der Waals surface area contributed by atoms with Gasteiger partial charge in [0.15, 0.2) is 11.6 Å². The molecule has 1 saturated carbocycles. The summed E-state index contributed by atoms with van der Waals surface area (Å²) in [5, 5.41) is 12.8. The number of nitrogens with one attached hydrogen (secondary N) is 1. The number of anilines is 1. The number of aryl methyl sites for hydroxylation is 1. The van der Waals surface area contributed by atoms with Crippen molar-refractivity contribution >= 4 is 18.1 Å². The lowest BCUT2D eigenvalue weighted by atomic mass is 9.92. The quantitative estimate of drug-likeness (QED) is 0.377.